The van der Waals surface area contributed by atoms with Crippen molar-refractivity contribution in [3.8, 4) is 0 Å². The molecule has 138 valence electrons. The number of H-pyrrole nitrogens is 1. The van der Waals surface area contributed by atoms with Crippen LogP contribution in [0.5, 0.6) is 0 Å². The molecule has 0 saturated heterocycles. The number of hydrogen-bond donors (Lipinski definition) is 1. The van der Waals surface area contributed by atoms with E-state index >= 15 is 8.78 Å². The zero-order chi connectivity index (χ0) is 19.2. The Hall–Kier alpha value is -3.23. The Morgan fingerprint density at radius 1 is 1.07 bits per heavy atom. The van der Waals surface area contributed by atoms with Gasteiger partial charge in [0.25, 0.3) is 0 Å². The van der Waals surface area contributed by atoms with Crippen LogP contribution in [-0.4, -0.2) is 27.6 Å². The number of hydrogen-bond acceptors (Lipinski definition) is 4. The number of alkyl halides is 2. The predicted octanol–water partition coefficient (Wildman–Crippen LogP) is 4.08. The first-order chi connectivity index (χ1) is 12.9. The number of aryl methyl sites for hydroxylation is 1. The number of aromatic nitrogens is 3. The number of pyridine rings is 1. The van der Waals surface area contributed by atoms with E-state index in [-0.39, 0.29) is 11.5 Å². The van der Waals surface area contributed by atoms with E-state index in [0.29, 0.717) is 17.5 Å². The zero-order valence-corrected chi connectivity index (χ0v) is 14.0. The summed E-state index contributed by atoms with van der Waals surface area (Å²) in [7, 11) is 0. The zero-order valence-electron chi connectivity index (χ0n) is 14.0. The third-order valence-electron chi connectivity index (χ3n) is 4.18. The smallest absolute Gasteiger partial charge is 0.295 e. The van der Waals surface area contributed by atoms with E-state index in [0.717, 1.165) is 23.1 Å². The average molecular weight is 375 g/mol. The van der Waals surface area contributed by atoms with E-state index in [1.54, 1.807) is 13.0 Å². The van der Waals surface area contributed by atoms with Crippen LogP contribution in [0.15, 0.2) is 47.6 Å². The van der Waals surface area contributed by atoms with E-state index in [9.17, 15) is 8.78 Å². The number of aromatic amines is 1. The molecule has 1 N–H and O–H groups in total. The molecule has 27 heavy (non-hydrogen) atoms. The molecular formula is C18H13F4N5. The molecule has 1 aliphatic rings. The second kappa shape index (κ2) is 6.19. The standard InChI is InChI=1S/C18H13F4N5/c1-10-6-16(26-25-10)27-14-7-12(19)3-2-11(14)8-24-17(27)18(21,22)15-5-4-13(20)9-23-15/h2-9,17H,1H3,(H,25,26). The number of rotatable bonds is 3. The Morgan fingerprint density at radius 2 is 1.85 bits per heavy atom. The summed E-state index contributed by atoms with van der Waals surface area (Å²) in [6.07, 6.45) is 0.201. The van der Waals surface area contributed by atoms with Crippen LogP contribution in [-0.2, 0) is 5.92 Å². The molecule has 0 bridgehead atoms. The highest BCUT2D eigenvalue weighted by Gasteiger charge is 2.49. The minimum Gasteiger partial charge on any atom is -0.295 e. The Labute approximate surface area is 151 Å². The van der Waals surface area contributed by atoms with E-state index in [4.69, 9.17) is 0 Å². The quantitative estimate of drug-likeness (QED) is 0.702. The molecule has 4 rings (SSSR count). The Balaban J connectivity index is 1.87. The molecule has 1 unspecified atom stereocenters. The van der Waals surface area contributed by atoms with Crippen LogP contribution in [0.2, 0.25) is 0 Å². The summed E-state index contributed by atoms with van der Waals surface area (Å²) < 4.78 is 57.4. The van der Waals surface area contributed by atoms with Crippen molar-refractivity contribution in [2.75, 3.05) is 4.90 Å². The third-order valence-corrected chi connectivity index (χ3v) is 4.18. The van der Waals surface area contributed by atoms with Crippen LogP contribution in [0.1, 0.15) is 17.0 Å². The summed E-state index contributed by atoms with van der Waals surface area (Å²) >= 11 is 0. The van der Waals surface area contributed by atoms with Crippen LogP contribution >= 0.6 is 0 Å². The monoisotopic (exact) mass is 375 g/mol. The molecule has 2 aromatic heterocycles. The number of anilines is 2. The number of aliphatic imine (C=N–C) groups is 1. The minimum absolute atomic E-state index is 0.156. The number of fused-ring (bicyclic) bond motifs is 1. The van der Waals surface area contributed by atoms with Crippen LogP contribution in [0.3, 0.4) is 0 Å². The van der Waals surface area contributed by atoms with Crippen molar-refractivity contribution >= 4 is 17.7 Å². The summed E-state index contributed by atoms with van der Waals surface area (Å²) in [6.45, 7) is 1.71. The van der Waals surface area contributed by atoms with Crippen LogP contribution in [0.25, 0.3) is 0 Å². The molecular weight excluding hydrogens is 362 g/mol. The fraction of sp³-hybridized carbons (Fsp3) is 0.167. The first-order valence-corrected chi connectivity index (χ1v) is 8.00. The maximum Gasteiger partial charge on any atom is 0.329 e. The summed E-state index contributed by atoms with van der Waals surface area (Å²) in [5.74, 6) is -4.75. The molecule has 0 amide bonds. The van der Waals surface area contributed by atoms with Crippen molar-refractivity contribution < 1.29 is 17.6 Å². The van der Waals surface area contributed by atoms with Crippen molar-refractivity contribution in [3.63, 3.8) is 0 Å². The van der Waals surface area contributed by atoms with E-state index in [2.05, 4.69) is 20.2 Å². The molecule has 5 nitrogen and oxygen atoms in total. The fourth-order valence-corrected chi connectivity index (χ4v) is 2.92. The summed E-state index contributed by atoms with van der Waals surface area (Å²) in [6, 6.07) is 7.17. The van der Waals surface area contributed by atoms with Crippen molar-refractivity contribution in [2.45, 2.75) is 19.0 Å². The van der Waals surface area contributed by atoms with Gasteiger partial charge in [0.05, 0.1) is 11.9 Å². The van der Waals surface area contributed by atoms with Gasteiger partial charge in [-0.2, -0.15) is 13.9 Å². The molecule has 9 heteroatoms. The Kier molecular flexibility index (Phi) is 3.94. The molecule has 1 aliphatic heterocycles. The predicted molar refractivity (Wildman–Crippen MR) is 91.3 cm³/mol. The van der Waals surface area contributed by atoms with Crippen molar-refractivity contribution in [2.24, 2.45) is 4.99 Å². The summed E-state index contributed by atoms with van der Waals surface area (Å²) in [5, 5.41) is 6.71. The van der Waals surface area contributed by atoms with E-state index < -0.39 is 29.4 Å². The molecule has 3 aromatic rings. The largest absolute Gasteiger partial charge is 0.329 e. The number of nitrogens with zero attached hydrogens (tertiary/aromatic N) is 4. The molecule has 1 atom stereocenters. The number of halogens is 4. The Morgan fingerprint density at radius 3 is 2.52 bits per heavy atom. The second-order valence-corrected chi connectivity index (χ2v) is 6.12. The van der Waals surface area contributed by atoms with Gasteiger partial charge in [0.1, 0.15) is 17.3 Å². The highest BCUT2D eigenvalue weighted by atomic mass is 19.3. The molecule has 0 radical (unpaired) electrons. The average Bonchev–Trinajstić information content (AvgIpc) is 3.07. The van der Waals surface area contributed by atoms with Gasteiger partial charge in [-0.25, -0.2) is 8.78 Å². The SMILES string of the molecule is Cc1cc(N2c3cc(F)ccc3C=NC2C(F)(F)c2ccc(F)cn2)n[nH]1. The van der Waals surface area contributed by atoms with Gasteiger partial charge >= 0.3 is 5.92 Å². The maximum atomic E-state index is 15.2. The molecule has 0 spiro atoms. The van der Waals surface area contributed by atoms with Crippen molar-refractivity contribution in [1.82, 2.24) is 15.2 Å². The minimum atomic E-state index is -3.60. The topological polar surface area (TPSA) is 57.2 Å². The van der Waals surface area contributed by atoms with Crippen LogP contribution in [0, 0.1) is 18.6 Å². The summed E-state index contributed by atoms with van der Waals surface area (Å²) in [5.41, 5.74) is 0.655. The maximum absolute atomic E-state index is 15.2. The number of nitrogens with one attached hydrogen (secondary N) is 1. The molecule has 1 aromatic carbocycles. The van der Waals surface area contributed by atoms with Crippen molar-refractivity contribution in [1.29, 1.82) is 0 Å². The van der Waals surface area contributed by atoms with Crippen LogP contribution in [0.4, 0.5) is 29.1 Å². The van der Waals surface area contributed by atoms with Crippen LogP contribution < -0.4 is 4.90 Å². The van der Waals surface area contributed by atoms with Crippen molar-refractivity contribution in [3.05, 3.63) is 71.2 Å². The highest BCUT2D eigenvalue weighted by molar-refractivity contribution is 5.92. The molecule has 0 saturated carbocycles. The van der Waals surface area contributed by atoms with Gasteiger partial charge in [-0.15, -0.1) is 0 Å². The highest BCUT2D eigenvalue weighted by Crippen LogP contribution is 2.42. The van der Waals surface area contributed by atoms with Gasteiger partial charge in [0, 0.05) is 23.5 Å². The lowest BCUT2D eigenvalue weighted by atomic mass is 10.0. The first-order valence-electron chi connectivity index (χ1n) is 8.00. The normalized spacial score (nSPS) is 16.5. The Bertz CT molecular complexity index is 1010. The summed E-state index contributed by atoms with van der Waals surface area (Å²) in [4.78, 5) is 8.63. The molecule has 0 aliphatic carbocycles. The second-order valence-electron chi connectivity index (χ2n) is 6.12. The van der Waals surface area contributed by atoms with Gasteiger partial charge < -0.3 is 0 Å². The fourth-order valence-electron chi connectivity index (χ4n) is 2.92. The third kappa shape index (κ3) is 2.94. The van der Waals surface area contributed by atoms with Gasteiger partial charge in [-0.05, 0) is 37.3 Å². The van der Waals surface area contributed by atoms with E-state index in [1.165, 1.54) is 18.3 Å². The number of benzene rings is 1. The lowest BCUT2D eigenvalue weighted by Gasteiger charge is -2.37. The lowest BCUT2D eigenvalue weighted by molar-refractivity contribution is -0.0329. The van der Waals surface area contributed by atoms with Gasteiger partial charge in [-0.1, -0.05) is 0 Å². The lowest BCUT2D eigenvalue weighted by Crippen LogP contribution is -2.45. The van der Waals surface area contributed by atoms with Gasteiger partial charge in [0.2, 0.25) is 0 Å². The molecule has 3 heterocycles. The van der Waals surface area contributed by atoms with Gasteiger partial charge in [-0.3, -0.25) is 20.0 Å². The first kappa shape index (κ1) is 17.2. The van der Waals surface area contributed by atoms with E-state index in [1.807, 2.05) is 0 Å². The van der Waals surface area contributed by atoms with Gasteiger partial charge in [0.15, 0.2) is 12.0 Å². The molecule has 0 fully saturated rings.